The Labute approximate surface area is 206 Å². The zero-order chi connectivity index (χ0) is 22.7. The minimum absolute atomic E-state index is 0.494. The lowest BCUT2D eigenvalue weighted by molar-refractivity contribution is 0.0987. The summed E-state index contributed by atoms with van der Waals surface area (Å²) in [5.41, 5.74) is 5.67. The van der Waals surface area contributed by atoms with Crippen LogP contribution in [0.2, 0.25) is 0 Å². The van der Waals surface area contributed by atoms with Crippen molar-refractivity contribution in [2.45, 2.75) is 96.1 Å². The lowest BCUT2D eigenvalue weighted by Crippen LogP contribution is -2.44. The molecule has 6 rings (SSSR count). The van der Waals surface area contributed by atoms with Gasteiger partial charge in [-0.1, -0.05) is 50.7 Å². The number of hydrogen-bond donors (Lipinski definition) is 0. The molecule has 4 nitrogen and oxygen atoms in total. The van der Waals surface area contributed by atoms with Crippen molar-refractivity contribution in [2.24, 2.45) is 5.92 Å². The molecule has 1 saturated heterocycles. The molecule has 3 heterocycles. The van der Waals surface area contributed by atoms with Gasteiger partial charge < -0.3 is 9.47 Å². The summed E-state index contributed by atoms with van der Waals surface area (Å²) in [6, 6.07) is 7.66. The second-order valence-electron chi connectivity index (χ2n) is 11.6. The summed E-state index contributed by atoms with van der Waals surface area (Å²) in [5.74, 6) is 2.23. The lowest BCUT2D eigenvalue weighted by atomic mass is 9.84. The highest BCUT2D eigenvalue weighted by Crippen LogP contribution is 2.38. The summed E-state index contributed by atoms with van der Waals surface area (Å²) in [6.07, 6.45) is 20.2. The van der Waals surface area contributed by atoms with E-state index in [-0.39, 0.29) is 0 Å². The second-order valence-corrected chi connectivity index (χ2v) is 11.6. The molecule has 1 aromatic heterocycles. The number of imidazole rings is 1. The Morgan fingerprint density at radius 3 is 2.41 bits per heavy atom. The molecule has 0 unspecified atom stereocenters. The molecule has 0 radical (unpaired) electrons. The first kappa shape index (κ1) is 22.8. The van der Waals surface area contributed by atoms with Crippen LogP contribution in [-0.2, 0) is 19.4 Å². The Morgan fingerprint density at radius 1 is 0.765 bits per heavy atom. The molecule has 4 heteroatoms. The number of likely N-dealkylation sites (tertiary alicyclic amines) is 1. The van der Waals surface area contributed by atoms with Gasteiger partial charge in [-0.25, -0.2) is 4.98 Å². The predicted molar refractivity (Wildman–Crippen MR) is 140 cm³/mol. The molecule has 0 bridgehead atoms. The molecule has 2 aliphatic carbocycles. The van der Waals surface area contributed by atoms with Crippen molar-refractivity contribution in [2.75, 3.05) is 32.7 Å². The van der Waals surface area contributed by atoms with E-state index in [4.69, 9.17) is 4.98 Å². The Bertz CT molecular complexity index is 951. The predicted octanol–water partition coefficient (Wildman–Crippen LogP) is 6.24. The summed E-state index contributed by atoms with van der Waals surface area (Å²) in [7, 11) is 0. The molecule has 1 atom stereocenters. The number of piperidine rings is 1. The van der Waals surface area contributed by atoms with Crippen LogP contribution in [0.3, 0.4) is 0 Å². The Morgan fingerprint density at radius 2 is 1.56 bits per heavy atom. The number of nitrogens with zero attached hydrogens (tertiary/aromatic N) is 4. The van der Waals surface area contributed by atoms with Gasteiger partial charge in [0.1, 0.15) is 5.82 Å². The van der Waals surface area contributed by atoms with Gasteiger partial charge in [-0.15, -0.1) is 0 Å². The molecule has 0 spiro atoms. The van der Waals surface area contributed by atoms with Crippen LogP contribution in [0.1, 0.15) is 93.6 Å². The fraction of sp³-hybridized carbons (Fsp3) is 0.700. The number of aryl methyl sites for hydroxylation is 2. The van der Waals surface area contributed by atoms with Crippen molar-refractivity contribution >= 4 is 0 Å². The normalized spacial score (nSPS) is 24.6. The van der Waals surface area contributed by atoms with Gasteiger partial charge in [0.05, 0.1) is 11.7 Å². The van der Waals surface area contributed by atoms with Gasteiger partial charge in [0.25, 0.3) is 0 Å². The number of rotatable bonds is 6. The third-order valence-corrected chi connectivity index (χ3v) is 9.25. The van der Waals surface area contributed by atoms with Crippen molar-refractivity contribution in [3.05, 3.63) is 41.3 Å². The van der Waals surface area contributed by atoms with Gasteiger partial charge in [0.15, 0.2) is 0 Å². The molecule has 34 heavy (non-hydrogen) atoms. The number of aromatic nitrogens is 2. The molecular formula is C30H44N4. The van der Waals surface area contributed by atoms with Gasteiger partial charge in [-0.3, -0.25) is 4.90 Å². The minimum atomic E-state index is 0.494. The fourth-order valence-corrected chi connectivity index (χ4v) is 7.18. The van der Waals surface area contributed by atoms with Crippen molar-refractivity contribution in [3.8, 4) is 11.3 Å². The third-order valence-electron chi connectivity index (χ3n) is 9.25. The summed E-state index contributed by atoms with van der Waals surface area (Å²) in [5, 5.41) is 0. The Kier molecular flexibility index (Phi) is 7.06. The van der Waals surface area contributed by atoms with Crippen molar-refractivity contribution in [1.29, 1.82) is 0 Å². The third kappa shape index (κ3) is 4.99. The SMILES string of the molecule is c1cc2c(cc1-c1cn3c(n1)[C@H](CC1CCCCC1)N(CCN1CCCCC1)CC3)CCCC2. The Hall–Kier alpha value is -1.65. The maximum atomic E-state index is 5.37. The number of fused-ring (bicyclic) bond motifs is 2. The van der Waals surface area contributed by atoms with Gasteiger partial charge in [0, 0.05) is 37.9 Å². The molecule has 0 N–H and O–H groups in total. The summed E-state index contributed by atoms with van der Waals surface area (Å²) in [4.78, 5) is 10.9. The van der Waals surface area contributed by atoms with Crippen LogP contribution in [0, 0.1) is 5.92 Å². The zero-order valence-electron chi connectivity index (χ0n) is 21.2. The van der Waals surface area contributed by atoms with Crippen molar-refractivity contribution < 1.29 is 0 Å². The first-order valence-electron chi connectivity index (χ1n) is 14.5. The molecule has 184 valence electrons. The highest BCUT2D eigenvalue weighted by Gasteiger charge is 2.32. The van der Waals surface area contributed by atoms with Crippen LogP contribution in [-0.4, -0.2) is 52.1 Å². The molecule has 4 aliphatic rings. The van der Waals surface area contributed by atoms with Crippen LogP contribution in [0.15, 0.2) is 24.4 Å². The maximum Gasteiger partial charge on any atom is 0.126 e. The molecule has 2 aliphatic heterocycles. The first-order chi connectivity index (χ1) is 16.8. The summed E-state index contributed by atoms with van der Waals surface area (Å²) in [6.45, 7) is 7.32. The smallest absolute Gasteiger partial charge is 0.126 e. The highest BCUT2D eigenvalue weighted by molar-refractivity contribution is 5.61. The molecule has 0 amide bonds. The quantitative estimate of drug-likeness (QED) is 0.510. The second kappa shape index (κ2) is 10.5. The zero-order valence-corrected chi connectivity index (χ0v) is 21.2. The van der Waals surface area contributed by atoms with Gasteiger partial charge >= 0.3 is 0 Å². The molecule has 1 aromatic carbocycles. The highest BCUT2D eigenvalue weighted by atomic mass is 15.3. The number of hydrogen-bond acceptors (Lipinski definition) is 3. The molecule has 1 saturated carbocycles. The first-order valence-corrected chi connectivity index (χ1v) is 14.5. The van der Waals surface area contributed by atoms with E-state index in [9.17, 15) is 0 Å². The topological polar surface area (TPSA) is 24.3 Å². The van der Waals surface area contributed by atoms with E-state index in [0.29, 0.717) is 6.04 Å². The van der Waals surface area contributed by atoms with E-state index in [2.05, 4.69) is 38.8 Å². The molecular weight excluding hydrogens is 416 g/mol. The van der Waals surface area contributed by atoms with Crippen LogP contribution >= 0.6 is 0 Å². The van der Waals surface area contributed by atoms with E-state index in [0.717, 1.165) is 12.5 Å². The lowest BCUT2D eigenvalue weighted by Gasteiger charge is -2.39. The fourth-order valence-electron chi connectivity index (χ4n) is 7.18. The van der Waals surface area contributed by atoms with Crippen LogP contribution in [0.25, 0.3) is 11.3 Å². The van der Waals surface area contributed by atoms with Crippen molar-refractivity contribution in [1.82, 2.24) is 19.4 Å². The van der Waals surface area contributed by atoms with Crippen LogP contribution in [0.4, 0.5) is 0 Å². The van der Waals surface area contributed by atoms with E-state index < -0.39 is 0 Å². The van der Waals surface area contributed by atoms with E-state index in [1.165, 1.54) is 133 Å². The maximum absolute atomic E-state index is 5.37. The average Bonchev–Trinajstić information content (AvgIpc) is 3.34. The molecule has 2 aromatic rings. The summed E-state index contributed by atoms with van der Waals surface area (Å²) < 4.78 is 2.51. The van der Waals surface area contributed by atoms with Crippen LogP contribution in [0.5, 0.6) is 0 Å². The van der Waals surface area contributed by atoms with E-state index in [1.807, 2.05) is 0 Å². The largest absolute Gasteiger partial charge is 0.332 e. The standard InChI is InChI=1S/C30H44N4/c1-3-9-24(10-4-1)21-29-30-31-28(27-14-13-25-11-5-6-12-26(25)22-27)23-34(30)20-19-33(29)18-17-32-15-7-2-8-16-32/h13-14,22-24,29H,1-12,15-21H2/t29-/m0/s1. The van der Waals surface area contributed by atoms with E-state index in [1.54, 1.807) is 11.1 Å². The monoisotopic (exact) mass is 460 g/mol. The number of benzene rings is 1. The van der Waals surface area contributed by atoms with Crippen LogP contribution < -0.4 is 0 Å². The Balaban J connectivity index is 1.24. The van der Waals surface area contributed by atoms with Gasteiger partial charge in [0.2, 0.25) is 0 Å². The molecule has 2 fully saturated rings. The van der Waals surface area contributed by atoms with E-state index >= 15 is 0 Å². The summed E-state index contributed by atoms with van der Waals surface area (Å²) >= 11 is 0. The average molecular weight is 461 g/mol. The van der Waals surface area contributed by atoms with Gasteiger partial charge in [-0.05, 0) is 81.1 Å². The van der Waals surface area contributed by atoms with Gasteiger partial charge in [-0.2, -0.15) is 0 Å². The minimum Gasteiger partial charge on any atom is -0.332 e. The van der Waals surface area contributed by atoms with Crippen molar-refractivity contribution in [3.63, 3.8) is 0 Å².